The number of carbonyl (C=O) groups is 1. The van der Waals surface area contributed by atoms with E-state index in [9.17, 15) is 4.79 Å². The first-order chi connectivity index (χ1) is 13.6. The maximum atomic E-state index is 12.7. The van der Waals surface area contributed by atoms with Gasteiger partial charge in [0.1, 0.15) is 0 Å². The van der Waals surface area contributed by atoms with Crippen LogP contribution in [0.5, 0.6) is 0 Å². The summed E-state index contributed by atoms with van der Waals surface area (Å²) in [5.41, 5.74) is 3.20. The molecule has 0 aliphatic carbocycles. The van der Waals surface area contributed by atoms with Gasteiger partial charge in [-0.2, -0.15) is 0 Å². The van der Waals surface area contributed by atoms with Gasteiger partial charge in [-0.3, -0.25) is 9.69 Å². The number of anilines is 1. The molecule has 5 heteroatoms. The number of carbonyl (C=O) groups excluding carboxylic acids is 1. The molecule has 4 rings (SSSR count). The number of nitrogens with one attached hydrogen (secondary N) is 1. The Morgan fingerprint density at radius 1 is 1.21 bits per heavy atom. The molecule has 28 heavy (non-hydrogen) atoms. The van der Waals surface area contributed by atoms with Crippen LogP contribution in [0.1, 0.15) is 49.1 Å². The van der Waals surface area contributed by atoms with E-state index in [1.165, 1.54) is 15.3 Å². The fourth-order valence-corrected chi connectivity index (χ4v) is 5.07. The smallest absolute Gasteiger partial charge is 0.238 e. The second-order valence-electron chi connectivity index (χ2n) is 7.88. The zero-order chi connectivity index (χ0) is 19.5. The van der Waals surface area contributed by atoms with Crippen molar-refractivity contribution < 1.29 is 4.79 Å². The van der Waals surface area contributed by atoms with Crippen LogP contribution < -0.4 is 5.32 Å². The Kier molecular flexibility index (Phi) is 5.74. The molecule has 0 spiro atoms. The molecule has 0 bridgehead atoms. The van der Waals surface area contributed by atoms with Crippen LogP contribution in [0.2, 0.25) is 0 Å². The van der Waals surface area contributed by atoms with Crippen molar-refractivity contribution in [1.29, 1.82) is 0 Å². The lowest BCUT2D eigenvalue weighted by Crippen LogP contribution is -2.39. The van der Waals surface area contributed by atoms with Crippen LogP contribution in [0, 0.1) is 0 Å². The van der Waals surface area contributed by atoms with Gasteiger partial charge in [0, 0.05) is 18.2 Å². The Labute approximate surface area is 170 Å². The molecule has 4 nitrogen and oxygen atoms in total. The average Bonchev–Trinajstić information content (AvgIpc) is 3.13. The summed E-state index contributed by atoms with van der Waals surface area (Å²) < 4.78 is 1.25. The minimum Gasteiger partial charge on any atom is -0.325 e. The predicted octanol–water partition coefficient (Wildman–Crippen LogP) is 5.24. The highest BCUT2D eigenvalue weighted by molar-refractivity contribution is 7.18. The van der Waals surface area contributed by atoms with Crippen LogP contribution in [0.3, 0.4) is 0 Å². The van der Waals surface area contributed by atoms with Crippen LogP contribution in [0.15, 0.2) is 48.5 Å². The summed E-state index contributed by atoms with van der Waals surface area (Å²) in [5, 5.41) is 4.33. The van der Waals surface area contributed by atoms with Gasteiger partial charge in [-0.15, -0.1) is 11.3 Å². The third kappa shape index (κ3) is 4.26. The van der Waals surface area contributed by atoms with E-state index in [1.807, 2.05) is 24.3 Å². The Hall–Kier alpha value is -2.24. The van der Waals surface area contributed by atoms with E-state index in [0.717, 1.165) is 37.1 Å². The first kappa shape index (κ1) is 19.1. The zero-order valence-electron chi connectivity index (χ0n) is 16.5. The van der Waals surface area contributed by atoms with E-state index in [2.05, 4.69) is 48.3 Å². The van der Waals surface area contributed by atoms with Gasteiger partial charge >= 0.3 is 0 Å². The van der Waals surface area contributed by atoms with Crippen molar-refractivity contribution >= 4 is 33.1 Å². The van der Waals surface area contributed by atoms with Crippen molar-refractivity contribution in [2.24, 2.45) is 0 Å². The number of para-hydroxylation sites is 2. The van der Waals surface area contributed by atoms with Crippen molar-refractivity contribution in [3.05, 3.63) is 59.1 Å². The van der Waals surface area contributed by atoms with Gasteiger partial charge in [-0.05, 0) is 49.1 Å². The molecule has 1 atom stereocenters. The molecule has 0 unspecified atom stereocenters. The van der Waals surface area contributed by atoms with Crippen molar-refractivity contribution in [2.45, 2.75) is 38.5 Å². The lowest BCUT2D eigenvalue weighted by Gasteiger charge is -2.31. The number of amides is 1. The Bertz CT molecular complexity index is 932. The Morgan fingerprint density at radius 2 is 2.00 bits per heavy atom. The van der Waals surface area contributed by atoms with E-state index in [4.69, 9.17) is 4.98 Å². The highest BCUT2D eigenvalue weighted by Crippen LogP contribution is 2.33. The molecular weight excluding hydrogens is 366 g/mol. The summed E-state index contributed by atoms with van der Waals surface area (Å²) in [6.07, 6.45) is 2.25. The quantitative estimate of drug-likeness (QED) is 0.645. The largest absolute Gasteiger partial charge is 0.325 e. The first-order valence-corrected chi connectivity index (χ1v) is 10.9. The standard InChI is InChI=1S/C23H27N3OS/c1-16(2)18-9-3-4-10-19(18)24-22(27)15-26-13-7-8-17(14-26)23-25-20-11-5-6-12-21(20)28-23/h3-6,9-12,16-17H,7-8,13-15H2,1-2H3,(H,24,27)/t17-/m1/s1. The van der Waals surface area contributed by atoms with Crippen LogP contribution in [0.4, 0.5) is 5.69 Å². The highest BCUT2D eigenvalue weighted by Gasteiger charge is 2.25. The van der Waals surface area contributed by atoms with Crippen molar-refractivity contribution in [2.75, 3.05) is 25.0 Å². The third-order valence-electron chi connectivity index (χ3n) is 5.39. The van der Waals surface area contributed by atoms with E-state index >= 15 is 0 Å². The molecular formula is C23H27N3OS. The van der Waals surface area contributed by atoms with Crippen molar-refractivity contribution in [3.63, 3.8) is 0 Å². The lowest BCUT2D eigenvalue weighted by molar-refractivity contribution is -0.117. The van der Waals surface area contributed by atoms with Gasteiger partial charge in [-0.25, -0.2) is 4.98 Å². The fourth-order valence-electron chi connectivity index (χ4n) is 3.97. The second kappa shape index (κ2) is 8.41. The number of piperidine rings is 1. The third-order valence-corrected chi connectivity index (χ3v) is 6.59. The van der Waals surface area contributed by atoms with E-state index in [1.54, 1.807) is 11.3 Å². The summed E-state index contributed by atoms with van der Waals surface area (Å²) >= 11 is 1.79. The van der Waals surface area contributed by atoms with Gasteiger partial charge in [0.05, 0.1) is 21.8 Å². The second-order valence-corrected chi connectivity index (χ2v) is 8.95. The number of thiazole rings is 1. The minimum absolute atomic E-state index is 0.0676. The van der Waals surface area contributed by atoms with E-state index in [0.29, 0.717) is 18.4 Å². The van der Waals surface area contributed by atoms with Gasteiger partial charge in [0.25, 0.3) is 0 Å². The summed E-state index contributed by atoms with van der Waals surface area (Å²) in [6, 6.07) is 16.4. The monoisotopic (exact) mass is 393 g/mol. The number of aromatic nitrogens is 1. The molecule has 1 amide bonds. The highest BCUT2D eigenvalue weighted by atomic mass is 32.1. The zero-order valence-corrected chi connectivity index (χ0v) is 17.3. The summed E-state index contributed by atoms with van der Waals surface area (Å²) in [5.74, 6) is 0.870. The normalized spacial score (nSPS) is 17.9. The van der Waals surface area contributed by atoms with Gasteiger partial charge < -0.3 is 5.32 Å². The predicted molar refractivity (Wildman–Crippen MR) is 117 cm³/mol. The Morgan fingerprint density at radius 3 is 2.82 bits per heavy atom. The molecule has 1 N–H and O–H groups in total. The van der Waals surface area contributed by atoms with E-state index < -0.39 is 0 Å². The molecule has 3 aromatic rings. The molecule has 0 radical (unpaired) electrons. The van der Waals surface area contributed by atoms with Gasteiger partial charge in [0.2, 0.25) is 5.91 Å². The van der Waals surface area contributed by atoms with Crippen LogP contribution in [0.25, 0.3) is 10.2 Å². The number of hydrogen-bond donors (Lipinski definition) is 1. The van der Waals surface area contributed by atoms with Gasteiger partial charge in [-0.1, -0.05) is 44.2 Å². The number of fused-ring (bicyclic) bond motifs is 1. The topological polar surface area (TPSA) is 45.2 Å². The number of rotatable bonds is 5. The average molecular weight is 394 g/mol. The maximum absolute atomic E-state index is 12.7. The fraction of sp³-hybridized carbons (Fsp3) is 0.391. The van der Waals surface area contributed by atoms with Crippen molar-refractivity contribution in [1.82, 2.24) is 9.88 Å². The SMILES string of the molecule is CC(C)c1ccccc1NC(=O)CN1CCC[C@@H](c2nc3ccccc3s2)C1. The van der Waals surface area contributed by atoms with Crippen LogP contribution in [-0.2, 0) is 4.79 Å². The molecule has 2 heterocycles. The molecule has 146 valence electrons. The van der Waals surface area contributed by atoms with Crippen LogP contribution >= 0.6 is 11.3 Å². The summed E-state index contributed by atoms with van der Waals surface area (Å²) in [6.45, 7) is 6.62. The number of nitrogens with zero attached hydrogens (tertiary/aromatic N) is 2. The molecule has 2 aromatic carbocycles. The maximum Gasteiger partial charge on any atom is 0.238 e. The van der Waals surface area contributed by atoms with E-state index in [-0.39, 0.29) is 5.91 Å². The molecule has 0 saturated carbocycles. The van der Waals surface area contributed by atoms with Crippen molar-refractivity contribution in [3.8, 4) is 0 Å². The molecule has 1 fully saturated rings. The first-order valence-electron chi connectivity index (χ1n) is 10.1. The lowest BCUT2D eigenvalue weighted by atomic mass is 9.98. The number of hydrogen-bond acceptors (Lipinski definition) is 4. The number of likely N-dealkylation sites (tertiary alicyclic amines) is 1. The Balaban J connectivity index is 1.40. The molecule has 1 aliphatic heterocycles. The van der Waals surface area contributed by atoms with Gasteiger partial charge in [0.15, 0.2) is 0 Å². The summed E-state index contributed by atoms with van der Waals surface area (Å²) in [4.78, 5) is 19.8. The molecule has 1 saturated heterocycles. The molecule has 1 aliphatic rings. The summed E-state index contributed by atoms with van der Waals surface area (Å²) in [7, 11) is 0. The number of benzene rings is 2. The van der Waals surface area contributed by atoms with Crippen LogP contribution in [-0.4, -0.2) is 35.4 Å². The minimum atomic E-state index is 0.0676. The molecule has 1 aromatic heterocycles.